The molecule has 7 nitrogen and oxygen atoms in total. The fourth-order valence-corrected chi connectivity index (χ4v) is 3.64. The third-order valence-electron chi connectivity index (χ3n) is 4.05. The van der Waals surface area contributed by atoms with Crippen molar-refractivity contribution in [1.29, 1.82) is 0 Å². The van der Waals surface area contributed by atoms with Gasteiger partial charge in [-0.25, -0.2) is 4.98 Å². The van der Waals surface area contributed by atoms with Gasteiger partial charge in [0.1, 0.15) is 0 Å². The van der Waals surface area contributed by atoms with Gasteiger partial charge >= 0.3 is 0 Å². The maximum atomic E-state index is 12.3. The van der Waals surface area contributed by atoms with Gasteiger partial charge in [-0.15, -0.1) is 11.3 Å². The number of anilines is 1. The van der Waals surface area contributed by atoms with Crippen LogP contribution in [0.2, 0.25) is 0 Å². The minimum atomic E-state index is -0.489. The van der Waals surface area contributed by atoms with E-state index >= 15 is 0 Å². The molecule has 0 bridgehead atoms. The maximum absolute atomic E-state index is 12.3. The summed E-state index contributed by atoms with van der Waals surface area (Å²) >= 11 is 1.49. The minimum absolute atomic E-state index is 0.0370. The number of nitrogens with zero attached hydrogens (tertiary/aromatic N) is 3. The van der Waals surface area contributed by atoms with E-state index in [1.807, 2.05) is 0 Å². The van der Waals surface area contributed by atoms with Crippen molar-refractivity contribution >= 4 is 28.1 Å². The number of nitro groups is 1. The first-order chi connectivity index (χ1) is 11.4. The highest BCUT2D eigenvalue weighted by atomic mass is 32.1. The van der Waals surface area contributed by atoms with Crippen LogP contribution in [0.3, 0.4) is 0 Å². The topological polar surface area (TPSA) is 88.4 Å². The highest BCUT2D eigenvalue weighted by molar-refractivity contribution is 7.15. The van der Waals surface area contributed by atoms with Crippen molar-refractivity contribution in [3.63, 3.8) is 0 Å². The summed E-state index contributed by atoms with van der Waals surface area (Å²) in [7, 11) is 0. The minimum Gasteiger partial charge on any atom is -0.298 e. The molecule has 8 heteroatoms. The van der Waals surface area contributed by atoms with Gasteiger partial charge in [-0.1, -0.05) is 0 Å². The monoisotopic (exact) mass is 346 g/mol. The second kappa shape index (κ2) is 6.66. The van der Waals surface area contributed by atoms with Crippen molar-refractivity contribution in [3.8, 4) is 0 Å². The molecule has 24 heavy (non-hydrogen) atoms. The van der Waals surface area contributed by atoms with Crippen molar-refractivity contribution in [2.45, 2.75) is 32.9 Å². The van der Waals surface area contributed by atoms with Crippen molar-refractivity contribution in [1.82, 2.24) is 9.88 Å². The number of carbonyl (C=O) groups is 1. The molecule has 2 aromatic rings. The van der Waals surface area contributed by atoms with Crippen LogP contribution in [0.1, 0.15) is 34.8 Å². The summed E-state index contributed by atoms with van der Waals surface area (Å²) in [6, 6.07) is 6.02. The lowest BCUT2D eigenvalue weighted by Gasteiger charge is -2.29. The number of thiazole rings is 1. The highest BCUT2D eigenvalue weighted by Crippen LogP contribution is 2.29. The van der Waals surface area contributed by atoms with E-state index in [1.54, 1.807) is 0 Å². The van der Waals surface area contributed by atoms with Crippen molar-refractivity contribution in [2.24, 2.45) is 0 Å². The van der Waals surface area contributed by atoms with Crippen LogP contribution < -0.4 is 5.32 Å². The summed E-state index contributed by atoms with van der Waals surface area (Å²) in [5, 5.41) is 14.0. The van der Waals surface area contributed by atoms with Crippen LogP contribution in [-0.4, -0.2) is 33.3 Å². The van der Waals surface area contributed by atoms with Gasteiger partial charge in [0.15, 0.2) is 5.13 Å². The van der Waals surface area contributed by atoms with Gasteiger partial charge in [-0.3, -0.25) is 25.1 Å². The largest absolute Gasteiger partial charge is 0.298 e. The summed E-state index contributed by atoms with van der Waals surface area (Å²) in [6.45, 7) is 6.18. The molecule has 1 aromatic heterocycles. The zero-order chi connectivity index (χ0) is 17.3. The average Bonchev–Trinajstić information content (AvgIpc) is 2.96. The number of fused-ring (bicyclic) bond motifs is 1. The maximum Gasteiger partial charge on any atom is 0.269 e. The van der Waals surface area contributed by atoms with Gasteiger partial charge in [0, 0.05) is 48.1 Å². The second-order valence-corrected chi connectivity index (χ2v) is 7.04. The first kappa shape index (κ1) is 16.5. The molecule has 0 unspecified atom stereocenters. The number of aromatic nitrogens is 1. The molecule has 2 heterocycles. The Morgan fingerprint density at radius 1 is 1.38 bits per heavy atom. The van der Waals surface area contributed by atoms with E-state index < -0.39 is 4.92 Å². The van der Waals surface area contributed by atoms with Gasteiger partial charge in [-0.2, -0.15) is 0 Å². The van der Waals surface area contributed by atoms with Gasteiger partial charge < -0.3 is 0 Å². The molecule has 1 aromatic carbocycles. The van der Waals surface area contributed by atoms with Crippen LogP contribution >= 0.6 is 11.3 Å². The normalized spacial score (nSPS) is 14.5. The lowest BCUT2D eigenvalue weighted by atomic mass is 10.1. The Balaban J connectivity index is 1.70. The number of hydrogen-bond donors (Lipinski definition) is 1. The van der Waals surface area contributed by atoms with Crippen LogP contribution in [0.15, 0.2) is 24.3 Å². The molecule has 1 N–H and O–H groups in total. The van der Waals surface area contributed by atoms with E-state index in [-0.39, 0.29) is 11.6 Å². The Labute approximate surface area is 143 Å². The van der Waals surface area contributed by atoms with Crippen molar-refractivity contribution < 1.29 is 9.72 Å². The smallest absolute Gasteiger partial charge is 0.269 e. The molecule has 1 aliphatic rings. The summed E-state index contributed by atoms with van der Waals surface area (Å²) < 4.78 is 0. The fourth-order valence-electron chi connectivity index (χ4n) is 2.61. The van der Waals surface area contributed by atoms with Crippen LogP contribution in [0.25, 0.3) is 0 Å². The Kier molecular flexibility index (Phi) is 4.59. The third kappa shape index (κ3) is 3.44. The lowest BCUT2D eigenvalue weighted by molar-refractivity contribution is -0.384. The molecular formula is C16H18N4O3S. The second-order valence-electron chi connectivity index (χ2n) is 5.96. The Hall–Kier alpha value is -2.32. The molecule has 0 atom stereocenters. The van der Waals surface area contributed by atoms with Crippen molar-refractivity contribution in [3.05, 3.63) is 50.5 Å². The number of benzene rings is 1. The van der Waals surface area contributed by atoms with Crippen molar-refractivity contribution in [2.75, 3.05) is 11.9 Å². The van der Waals surface area contributed by atoms with E-state index in [0.29, 0.717) is 16.7 Å². The van der Waals surface area contributed by atoms with Gasteiger partial charge in [-0.05, 0) is 26.0 Å². The first-order valence-electron chi connectivity index (χ1n) is 7.72. The Morgan fingerprint density at radius 3 is 2.71 bits per heavy atom. The van der Waals surface area contributed by atoms with E-state index in [1.165, 1.54) is 40.5 Å². The van der Waals surface area contributed by atoms with Crippen LogP contribution in [0.4, 0.5) is 10.8 Å². The first-order valence-corrected chi connectivity index (χ1v) is 8.54. The van der Waals surface area contributed by atoms with Gasteiger partial charge in [0.2, 0.25) is 0 Å². The molecule has 1 amide bonds. The molecule has 0 saturated heterocycles. The van der Waals surface area contributed by atoms with E-state index in [0.717, 1.165) is 25.2 Å². The summed E-state index contributed by atoms with van der Waals surface area (Å²) in [5.74, 6) is -0.309. The number of amides is 1. The predicted molar refractivity (Wildman–Crippen MR) is 92.4 cm³/mol. The van der Waals surface area contributed by atoms with Crippen LogP contribution in [0.5, 0.6) is 0 Å². The molecule has 0 fully saturated rings. The zero-order valence-electron chi connectivity index (χ0n) is 13.5. The van der Waals surface area contributed by atoms with Crippen LogP contribution in [0, 0.1) is 10.1 Å². The lowest BCUT2D eigenvalue weighted by Crippen LogP contribution is -2.35. The number of non-ortho nitro benzene ring substituents is 1. The molecule has 0 radical (unpaired) electrons. The predicted octanol–water partition coefficient (Wildman–Crippen LogP) is 3.07. The number of rotatable bonds is 4. The SMILES string of the molecule is CC(C)N1CCc2nc(NC(=O)c3ccc([N+](=O)[O-])cc3)sc2C1. The summed E-state index contributed by atoms with van der Waals surface area (Å²) in [5.41, 5.74) is 1.39. The average molecular weight is 346 g/mol. The number of hydrogen-bond acceptors (Lipinski definition) is 6. The molecule has 126 valence electrons. The molecule has 0 aliphatic carbocycles. The number of nitrogens with one attached hydrogen (secondary N) is 1. The molecule has 0 spiro atoms. The molecule has 3 rings (SSSR count). The molecule has 1 aliphatic heterocycles. The van der Waals surface area contributed by atoms with E-state index in [9.17, 15) is 14.9 Å². The quantitative estimate of drug-likeness (QED) is 0.679. The van der Waals surface area contributed by atoms with Gasteiger partial charge in [0.25, 0.3) is 11.6 Å². The number of carbonyl (C=O) groups excluding carboxylic acids is 1. The summed E-state index contributed by atoms with van der Waals surface area (Å²) in [4.78, 5) is 30.5. The standard InChI is InChI=1S/C16H18N4O3S/c1-10(2)19-8-7-13-14(9-19)24-16(17-13)18-15(21)11-3-5-12(6-4-11)20(22)23/h3-6,10H,7-9H2,1-2H3,(H,17,18,21). The summed E-state index contributed by atoms with van der Waals surface area (Å²) in [6.07, 6.45) is 0.886. The zero-order valence-corrected chi connectivity index (χ0v) is 14.3. The Morgan fingerprint density at radius 2 is 2.08 bits per heavy atom. The Bertz CT molecular complexity index is 770. The third-order valence-corrected chi connectivity index (χ3v) is 5.05. The number of nitro benzene ring substituents is 1. The van der Waals surface area contributed by atoms with Crippen LogP contribution in [-0.2, 0) is 13.0 Å². The molecule has 0 saturated carbocycles. The molecular weight excluding hydrogens is 328 g/mol. The van der Waals surface area contributed by atoms with E-state index in [4.69, 9.17) is 0 Å². The van der Waals surface area contributed by atoms with E-state index in [2.05, 4.69) is 29.0 Å². The fraction of sp³-hybridized carbons (Fsp3) is 0.375. The highest BCUT2D eigenvalue weighted by Gasteiger charge is 2.23. The van der Waals surface area contributed by atoms with Gasteiger partial charge in [0.05, 0.1) is 10.6 Å².